The van der Waals surface area contributed by atoms with Crippen LogP contribution in [-0.4, -0.2) is 19.7 Å². The minimum atomic E-state index is -0.467. The third-order valence-corrected chi connectivity index (χ3v) is 3.38. The molecule has 0 fully saturated rings. The number of hydrogen-bond acceptors (Lipinski definition) is 2. The van der Waals surface area contributed by atoms with E-state index in [4.69, 9.17) is 16.3 Å². The molecule has 0 bridgehead atoms. The maximum absolute atomic E-state index is 13.2. The van der Waals surface area contributed by atoms with Gasteiger partial charge in [-0.1, -0.05) is 31.4 Å². The molecule has 1 rings (SSSR count). The molecule has 0 atom stereocenters. The average Bonchev–Trinajstić information content (AvgIpc) is 2.34. The third-order valence-electron chi connectivity index (χ3n) is 2.47. The van der Waals surface area contributed by atoms with E-state index in [0.717, 1.165) is 13.1 Å². The molecule has 5 heteroatoms. The molecule has 1 aromatic rings. The molecule has 0 heterocycles. The predicted octanol–water partition coefficient (Wildman–Crippen LogP) is 4.40. The first-order chi connectivity index (χ1) is 8.65. The summed E-state index contributed by atoms with van der Waals surface area (Å²) < 4.78 is 19.4. The second-order valence-electron chi connectivity index (χ2n) is 4.00. The number of nitrogens with one attached hydrogen (secondary N) is 1. The maximum Gasteiger partial charge on any atom is 0.145 e. The standard InChI is InChI=1S/C13H18BrClFNO/c1-2-3-4-5-17-6-7-18-13-9-12(16)11(15)8-10(13)14/h8-9,17H,2-7H2,1H3. The summed E-state index contributed by atoms with van der Waals surface area (Å²) in [7, 11) is 0. The van der Waals surface area contributed by atoms with Crippen LogP contribution >= 0.6 is 27.5 Å². The second kappa shape index (κ2) is 8.73. The van der Waals surface area contributed by atoms with Crippen molar-refractivity contribution in [3.05, 3.63) is 27.4 Å². The fourth-order valence-electron chi connectivity index (χ4n) is 1.47. The van der Waals surface area contributed by atoms with Crippen LogP contribution in [0.2, 0.25) is 5.02 Å². The Morgan fingerprint density at radius 3 is 2.83 bits per heavy atom. The van der Waals surface area contributed by atoms with Crippen LogP contribution in [0.25, 0.3) is 0 Å². The molecule has 0 aromatic heterocycles. The summed E-state index contributed by atoms with van der Waals surface area (Å²) in [5.74, 6) is 0.0121. The van der Waals surface area contributed by atoms with Gasteiger partial charge >= 0.3 is 0 Å². The van der Waals surface area contributed by atoms with Gasteiger partial charge in [-0.25, -0.2) is 4.39 Å². The van der Waals surface area contributed by atoms with Crippen molar-refractivity contribution in [2.24, 2.45) is 0 Å². The van der Waals surface area contributed by atoms with Crippen LogP contribution in [0, 0.1) is 5.82 Å². The molecule has 1 N–H and O–H groups in total. The first-order valence-electron chi connectivity index (χ1n) is 6.13. The van der Waals surface area contributed by atoms with Crippen molar-refractivity contribution in [3.8, 4) is 5.75 Å². The Kier molecular flexibility index (Phi) is 7.63. The smallest absolute Gasteiger partial charge is 0.145 e. The molecule has 0 aliphatic carbocycles. The zero-order chi connectivity index (χ0) is 13.4. The molecule has 102 valence electrons. The van der Waals surface area contributed by atoms with E-state index in [1.165, 1.54) is 31.4 Å². The monoisotopic (exact) mass is 337 g/mol. The highest BCUT2D eigenvalue weighted by atomic mass is 79.9. The normalized spacial score (nSPS) is 10.7. The lowest BCUT2D eigenvalue weighted by molar-refractivity contribution is 0.310. The van der Waals surface area contributed by atoms with Crippen molar-refractivity contribution in [3.63, 3.8) is 0 Å². The van der Waals surface area contributed by atoms with Gasteiger partial charge in [-0.3, -0.25) is 0 Å². The van der Waals surface area contributed by atoms with Crippen LogP contribution in [0.4, 0.5) is 4.39 Å². The molecule has 0 spiro atoms. The summed E-state index contributed by atoms with van der Waals surface area (Å²) in [6.45, 7) is 4.43. The average molecular weight is 339 g/mol. The summed E-state index contributed by atoms with van der Waals surface area (Å²) in [5.41, 5.74) is 0. The van der Waals surface area contributed by atoms with Crippen LogP contribution < -0.4 is 10.1 Å². The number of hydrogen-bond donors (Lipinski definition) is 1. The van der Waals surface area contributed by atoms with Crippen molar-refractivity contribution in [2.75, 3.05) is 19.7 Å². The van der Waals surface area contributed by atoms with E-state index in [-0.39, 0.29) is 5.02 Å². The van der Waals surface area contributed by atoms with E-state index in [0.29, 0.717) is 16.8 Å². The van der Waals surface area contributed by atoms with E-state index in [1.807, 2.05) is 0 Å². The van der Waals surface area contributed by atoms with Crippen LogP contribution in [0.3, 0.4) is 0 Å². The van der Waals surface area contributed by atoms with Gasteiger partial charge in [0.2, 0.25) is 0 Å². The van der Waals surface area contributed by atoms with Gasteiger partial charge in [0.1, 0.15) is 18.2 Å². The summed E-state index contributed by atoms with van der Waals surface area (Å²) in [6, 6.07) is 2.80. The highest BCUT2D eigenvalue weighted by molar-refractivity contribution is 9.10. The minimum Gasteiger partial charge on any atom is -0.491 e. The third kappa shape index (κ3) is 5.55. The van der Waals surface area contributed by atoms with E-state index in [1.54, 1.807) is 0 Å². The largest absolute Gasteiger partial charge is 0.491 e. The molecule has 18 heavy (non-hydrogen) atoms. The summed E-state index contributed by atoms with van der Waals surface area (Å²) in [6.07, 6.45) is 3.63. The number of unbranched alkanes of at least 4 members (excludes halogenated alkanes) is 2. The SMILES string of the molecule is CCCCCNCCOc1cc(F)c(Cl)cc1Br. The predicted molar refractivity (Wildman–Crippen MR) is 77.0 cm³/mol. The molecular weight excluding hydrogens is 321 g/mol. The highest BCUT2D eigenvalue weighted by Gasteiger charge is 2.07. The molecule has 0 aliphatic heterocycles. The van der Waals surface area contributed by atoms with E-state index >= 15 is 0 Å². The summed E-state index contributed by atoms with van der Waals surface area (Å²) in [5, 5.41) is 3.37. The van der Waals surface area contributed by atoms with Gasteiger partial charge < -0.3 is 10.1 Å². The van der Waals surface area contributed by atoms with Crippen LogP contribution in [0.5, 0.6) is 5.75 Å². The first kappa shape index (κ1) is 15.7. The Bertz CT molecular complexity index is 376. The highest BCUT2D eigenvalue weighted by Crippen LogP contribution is 2.30. The zero-order valence-corrected chi connectivity index (χ0v) is 12.8. The summed E-state index contributed by atoms with van der Waals surface area (Å²) in [4.78, 5) is 0. The van der Waals surface area contributed by atoms with Crippen LogP contribution in [0.15, 0.2) is 16.6 Å². The van der Waals surface area contributed by atoms with Crippen molar-refractivity contribution in [1.29, 1.82) is 0 Å². The fraction of sp³-hybridized carbons (Fsp3) is 0.538. The molecule has 0 radical (unpaired) electrons. The topological polar surface area (TPSA) is 21.3 Å². The van der Waals surface area contributed by atoms with E-state index < -0.39 is 5.82 Å². The fourth-order valence-corrected chi connectivity index (χ4v) is 2.23. The maximum atomic E-state index is 13.2. The van der Waals surface area contributed by atoms with Crippen molar-refractivity contribution >= 4 is 27.5 Å². The Morgan fingerprint density at radius 1 is 1.33 bits per heavy atom. The molecule has 0 unspecified atom stereocenters. The number of halogens is 3. The van der Waals surface area contributed by atoms with Gasteiger partial charge in [0.15, 0.2) is 0 Å². The van der Waals surface area contributed by atoms with Crippen molar-refractivity contribution in [2.45, 2.75) is 26.2 Å². The number of ether oxygens (including phenoxy) is 1. The van der Waals surface area contributed by atoms with Gasteiger partial charge in [-0.2, -0.15) is 0 Å². The van der Waals surface area contributed by atoms with Gasteiger partial charge in [-0.15, -0.1) is 0 Å². The first-order valence-corrected chi connectivity index (χ1v) is 7.30. The Balaban J connectivity index is 2.25. The lowest BCUT2D eigenvalue weighted by Crippen LogP contribution is -2.22. The zero-order valence-electron chi connectivity index (χ0n) is 10.4. The minimum absolute atomic E-state index is 0.0897. The Hall–Kier alpha value is -0.320. The van der Waals surface area contributed by atoms with E-state index in [9.17, 15) is 4.39 Å². The van der Waals surface area contributed by atoms with Gasteiger partial charge in [0, 0.05) is 12.6 Å². The van der Waals surface area contributed by atoms with Crippen LogP contribution in [0.1, 0.15) is 26.2 Å². The van der Waals surface area contributed by atoms with Crippen molar-refractivity contribution in [1.82, 2.24) is 5.32 Å². The van der Waals surface area contributed by atoms with E-state index in [2.05, 4.69) is 28.2 Å². The molecule has 0 saturated heterocycles. The molecule has 0 aliphatic rings. The van der Waals surface area contributed by atoms with Gasteiger partial charge in [0.25, 0.3) is 0 Å². The molecule has 1 aromatic carbocycles. The lowest BCUT2D eigenvalue weighted by atomic mass is 10.2. The molecular formula is C13H18BrClFNO. The molecule has 2 nitrogen and oxygen atoms in total. The Morgan fingerprint density at radius 2 is 2.11 bits per heavy atom. The van der Waals surface area contributed by atoms with Crippen LogP contribution in [-0.2, 0) is 0 Å². The lowest BCUT2D eigenvalue weighted by Gasteiger charge is -2.09. The summed E-state index contributed by atoms with van der Waals surface area (Å²) >= 11 is 8.93. The number of rotatable bonds is 8. The Labute approximate surface area is 121 Å². The quantitative estimate of drug-likeness (QED) is 0.560. The van der Waals surface area contributed by atoms with Gasteiger partial charge in [-0.05, 0) is 35.0 Å². The number of benzene rings is 1. The molecule has 0 saturated carbocycles. The van der Waals surface area contributed by atoms with Gasteiger partial charge in [0.05, 0.1) is 9.50 Å². The molecule has 0 amide bonds. The van der Waals surface area contributed by atoms with Crippen molar-refractivity contribution < 1.29 is 9.13 Å². The second-order valence-corrected chi connectivity index (χ2v) is 5.26.